The van der Waals surface area contributed by atoms with Gasteiger partial charge in [-0.3, -0.25) is 9.78 Å². The average Bonchev–Trinajstić information content (AvgIpc) is 3.26. The van der Waals surface area contributed by atoms with Gasteiger partial charge in [-0.05, 0) is 56.0 Å². The number of carbonyl (C=O) groups excluding carboxylic acids is 1. The minimum Gasteiger partial charge on any atom is -0.371 e. The van der Waals surface area contributed by atoms with Crippen LogP contribution in [0, 0.1) is 5.41 Å². The first-order chi connectivity index (χ1) is 16.5. The summed E-state index contributed by atoms with van der Waals surface area (Å²) in [5.41, 5.74) is 4.78. The van der Waals surface area contributed by atoms with E-state index in [0.717, 1.165) is 72.4 Å². The number of aromatic nitrogens is 5. The van der Waals surface area contributed by atoms with Gasteiger partial charge in [0, 0.05) is 56.5 Å². The maximum Gasteiger partial charge on any atom is 0.243 e. The zero-order valence-electron chi connectivity index (χ0n) is 19.5. The van der Waals surface area contributed by atoms with Crippen LogP contribution in [0.4, 0.5) is 11.8 Å². The molecule has 1 spiro atoms. The molecule has 0 aromatic carbocycles. The molecule has 1 amide bonds. The zero-order valence-corrected chi connectivity index (χ0v) is 19.5. The summed E-state index contributed by atoms with van der Waals surface area (Å²) in [6.45, 7) is 3.48. The van der Waals surface area contributed by atoms with Crippen LogP contribution in [0.3, 0.4) is 0 Å². The standard InChI is InChI=1S/C25H28N8O/c1-16(34)32-14-25(15-32)10-7-17(8-11-25)28-24-30-23(26-2)22-18(9-13-33(22)31-24)19-5-6-20-21(29-19)4-3-12-27-20/h3-6,9,12-13,17H,7-8,10-11,14-15H2,1-2H3,(H2,26,28,30,31). The summed E-state index contributed by atoms with van der Waals surface area (Å²) in [5.74, 6) is 1.57. The summed E-state index contributed by atoms with van der Waals surface area (Å²) in [6.07, 6.45) is 8.12. The summed E-state index contributed by atoms with van der Waals surface area (Å²) in [5, 5.41) is 11.5. The Bertz CT molecular complexity index is 1380. The lowest BCUT2D eigenvalue weighted by Crippen LogP contribution is -2.59. The van der Waals surface area contributed by atoms with Crippen LogP contribution in [-0.2, 0) is 4.79 Å². The van der Waals surface area contributed by atoms with Crippen LogP contribution >= 0.6 is 0 Å². The number of carbonyl (C=O) groups is 1. The molecule has 9 nitrogen and oxygen atoms in total. The van der Waals surface area contributed by atoms with Crippen molar-refractivity contribution in [3.05, 3.63) is 42.7 Å². The van der Waals surface area contributed by atoms with Gasteiger partial charge in [-0.15, -0.1) is 5.10 Å². The number of amides is 1. The Kier molecular flexibility index (Phi) is 4.86. The van der Waals surface area contributed by atoms with Gasteiger partial charge in [0.05, 0.1) is 16.7 Å². The van der Waals surface area contributed by atoms with Crippen molar-refractivity contribution in [2.24, 2.45) is 5.41 Å². The number of hydrogen-bond donors (Lipinski definition) is 2. The Hall–Kier alpha value is -3.75. The predicted octanol–water partition coefficient (Wildman–Crippen LogP) is 3.58. The van der Waals surface area contributed by atoms with Crippen molar-refractivity contribution in [1.29, 1.82) is 0 Å². The van der Waals surface area contributed by atoms with Gasteiger partial charge in [-0.25, -0.2) is 9.50 Å². The SMILES string of the molecule is CNc1nc(NC2CCC3(CC2)CN(C(C)=O)C3)nn2ccc(-c3ccc4ncccc4n3)c12. The molecule has 2 N–H and O–H groups in total. The van der Waals surface area contributed by atoms with Crippen molar-refractivity contribution in [3.8, 4) is 11.3 Å². The molecule has 0 atom stereocenters. The number of nitrogens with zero attached hydrogens (tertiary/aromatic N) is 6. The maximum absolute atomic E-state index is 11.6. The van der Waals surface area contributed by atoms with E-state index in [-0.39, 0.29) is 5.91 Å². The molecular weight excluding hydrogens is 428 g/mol. The normalized spacial score (nSPS) is 17.8. The van der Waals surface area contributed by atoms with Crippen molar-refractivity contribution in [1.82, 2.24) is 29.5 Å². The van der Waals surface area contributed by atoms with Crippen molar-refractivity contribution < 1.29 is 4.79 Å². The molecule has 4 aromatic heterocycles. The highest BCUT2D eigenvalue weighted by atomic mass is 16.2. The number of hydrogen-bond acceptors (Lipinski definition) is 7. The number of fused-ring (bicyclic) bond motifs is 2. The van der Waals surface area contributed by atoms with E-state index in [4.69, 9.17) is 15.1 Å². The molecule has 4 aromatic rings. The second-order valence-corrected chi connectivity index (χ2v) is 9.59. The monoisotopic (exact) mass is 456 g/mol. The number of anilines is 2. The average molecular weight is 457 g/mol. The van der Waals surface area contributed by atoms with Gasteiger partial charge in [0.2, 0.25) is 11.9 Å². The molecule has 0 radical (unpaired) electrons. The topological polar surface area (TPSA) is 100 Å². The molecule has 1 saturated carbocycles. The zero-order chi connectivity index (χ0) is 23.3. The fraction of sp³-hybridized carbons (Fsp3) is 0.400. The molecule has 1 saturated heterocycles. The Balaban J connectivity index is 1.23. The molecule has 2 aliphatic rings. The molecule has 0 unspecified atom stereocenters. The van der Waals surface area contributed by atoms with Gasteiger partial charge in [0.15, 0.2) is 5.82 Å². The van der Waals surface area contributed by atoms with E-state index in [9.17, 15) is 4.79 Å². The third-order valence-electron chi connectivity index (χ3n) is 7.36. The number of rotatable bonds is 4. The summed E-state index contributed by atoms with van der Waals surface area (Å²) in [4.78, 5) is 27.5. The molecule has 2 fully saturated rings. The number of nitrogens with one attached hydrogen (secondary N) is 2. The van der Waals surface area contributed by atoms with Crippen molar-refractivity contribution in [3.63, 3.8) is 0 Å². The lowest BCUT2D eigenvalue weighted by molar-refractivity contribution is -0.143. The van der Waals surface area contributed by atoms with Gasteiger partial charge < -0.3 is 15.5 Å². The Morgan fingerprint density at radius 2 is 1.91 bits per heavy atom. The third-order valence-corrected chi connectivity index (χ3v) is 7.36. The first kappa shape index (κ1) is 20.8. The van der Waals surface area contributed by atoms with E-state index in [1.165, 1.54) is 0 Å². The predicted molar refractivity (Wildman–Crippen MR) is 132 cm³/mol. The lowest BCUT2D eigenvalue weighted by atomic mass is 9.67. The molecule has 34 heavy (non-hydrogen) atoms. The summed E-state index contributed by atoms with van der Waals surface area (Å²) < 4.78 is 1.87. The number of pyridine rings is 2. The van der Waals surface area contributed by atoms with Crippen LogP contribution in [-0.4, -0.2) is 61.6 Å². The van der Waals surface area contributed by atoms with Crippen molar-refractivity contribution in [2.45, 2.75) is 38.6 Å². The van der Waals surface area contributed by atoms with E-state index >= 15 is 0 Å². The quantitative estimate of drug-likeness (QED) is 0.484. The minimum atomic E-state index is 0.189. The molecule has 6 rings (SSSR count). The first-order valence-electron chi connectivity index (χ1n) is 11.8. The summed E-state index contributed by atoms with van der Waals surface area (Å²) in [7, 11) is 1.88. The fourth-order valence-corrected chi connectivity index (χ4v) is 5.43. The van der Waals surface area contributed by atoms with Crippen molar-refractivity contribution in [2.75, 3.05) is 30.8 Å². The van der Waals surface area contributed by atoms with Crippen LogP contribution < -0.4 is 10.6 Å². The Labute approximate surface area is 197 Å². The molecule has 1 aliphatic carbocycles. The highest BCUT2D eigenvalue weighted by Crippen LogP contribution is 2.44. The van der Waals surface area contributed by atoms with Crippen LogP contribution in [0.1, 0.15) is 32.6 Å². The van der Waals surface area contributed by atoms with E-state index in [2.05, 4.69) is 15.6 Å². The Morgan fingerprint density at radius 1 is 1.09 bits per heavy atom. The van der Waals surface area contributed by atoms with E-state index in [1.807, 2.05) is 53.0 Å². The number of likely N-dealkylation sites (tertiary alicyclic amines) is 1. The van der Waals surface area contributed by atoms with E-state index < -0.39 is 0 Å². The highest BCUT2D eigenvalue weighted by molar-refractivity contribution is 5.89. The molecular formula is C25H28N8O. The van der Waals surface area contributed by atoms with Crippen LogP contribution in [0.5, 0.6) is 0 Å². The molecule has 1 aliphatic heterocycles. The van der Waals surface area contributed by atoms with Gasteiger partial charge in [0.25, 0.3) is 0 Å². The minimum absolute atomic E-state index is 0.189. The molecule has 5 heterocycles. The van der Waals surface area contributed by atoms with Gasteiger partial charge >= 0.3 is 0 Å². The Morgan fingerprint density at radius 3 is 2.68 bits per heavy atom. The maximum atomic E-state index is 11.6. The van der Waals surface area contributed by atoms with Crippen LogP contribution in [0.15, 0.2) is 42.7 Å². The largest absolute Gasteiger partial charge is 0.371 e. The third kappa shape index (κ3) is 3.52. The van der Waals surface area contributed by atoms with Gasteiger partial charge in [0.1, 0.15) is 5.52 Å². The van der Waals surface area contributed by atoms with Crippen molar-refractivity contribution >= 4 is 34.2 Å². The summed E-state index contributed by atoms with van der Waals surface area (Å²) >= 11 is 0. The smallest absolute Gasteiger partial charge is 0.243 e. The molecule has 174 valence electrons. The molecule has 0 bridgehead atoms. The lowest BCUT2D eigenvalue weighted by Gasteiger charge is -2.53. The summed E-state index contributed by atoms with van der Waals surface area (Å²) in [6, 6.07) is 10.2. The fourth-order valence-electron chi connectivity index (χ4n) is 5.43. The second-order valence-electron chi connectivity index (χ2n) is 9.59. The van der Waals surface area contributed by atoms with E-state index in [0.29, 0.717) is 17.4 Å². The highest BCUT2D eigenvalue weighted by Gasteiger charge is 2.46. The van der Waals surface area contributed by atoms with Gasteiger partial charge in [-0.1, -0.05) is 0 Å². The second kappa shape index (κ2) is 7.93. The molecule has 9 heteroatoms. The first-order valence-corrected chi connectivity index (χ1v) is 11.8. The van der Waals surface area contributed by atoms with Crippen LogP contribution in [0.25, 0.3) is 27.8 Å². The van der Waals surface area contributed by atoms with Crippen LogP contribution in [0.2, 0.25) is 0 Å². The van der Waals surface area contributed by atoms with Gasteiger partial charge in [-0.2, -0.15) is 4.98 Å². The van der Waals surface area contributed by atoms with E-state index in [1.54, 1.807) is 13.1 Å².